The van der Waals surface area contributed by atoms with Crippen LogP contribution in [-0.4, -0.2) is 55.6 Å². The Morgan fingerprint density at radius 3 is 2.84 bits per heavy atom. The van der Waals surface area contributed by atoms with Gasteiger partial charge in [0.1, 0.15) is 6.04 Å². The molecule has 0 aromatic heterocycles. The standard InChI is InChI=1S/C18H23N3O4/c1-3-25-17(23)14-15(13-6-4-5-12(2)11-13)19-18(20-16(14)22)21-7-9-24-10-8-21/h4-6,11,14-15H,3,7-10H2,1-2H3,(H,19,20,22). The fraction of sp³-hybridized carbons (Fsp3) is 0.500. The van der Waals surface area contributed by atoms with Gasteiger partial charge in [0.05, 0.1) is 19.8 Å². The van der Waals surface area contributed by atoms with Crippen LogP contribution < -0.4 is 5.32 Å². The number of aliphatic imine (C=N–C) groups is 1. The van der Waals surface area contributed by atoms with E-state index in [0.717, 1.165) is 11.1 Å². The van der Waals surface area contributed by atoms with Gasteiger partial charge in [-0.1, -0.05) is 29.8 Å². The summed E-state index contributed by atoms with van der Waals surface area (Å²) in [6.45, 7) is 6.41. The summed E-state index contributed by atoms with van der Waals surface area (Å²) < 4.78 is 10.5. The highest BCUT2D eigenvalue weighted by Crippen LogP contribution is 2.31. The van der Waals surface area contributed by atoms with Crippen LogP contribution in [0.3, 0.4) is 0 Å². The second-order valence-corrected chi connectivity index (χ2v) is 6.13. The van der Waals surface area contributed by atoms with Gasteiger partial charge in [-0.3, -0.25) is 14.9 Å². The van der Waals surface area contributed by atoms with E-state index in [1.54, 1.807) is 6.92 Å². The fourth-order valence-corrected chi connectivity index (χ4v) is 3.09. The monoisotopic (exact) mass is 345 g/mol. The normalized spacial score (nSPS) is 23.7. The van der Waals surface area contributed by atoms with Crippen LogP contribution in [0, 0.1) is 12.8 Å². The van der Waals surface area contributed by atoms with E-state index in [1.807, 2.05) is 36.1 Å². The second-order valence-electron chi connectivity index (χ2n) is 6.13. The van der Waals surface area contributed by atoms with Gasteiger partial charge < -0.3 is 14.4 Å². The summed E-state index contributed by atoms with van der Waals surface area (Å²) in [5.41, 5.74) is 1.88. The maximum absolute atomic E-state index is 12.7. The highest BCUT2D eigenvalue weighted by molar-refractivity contribution is 6.08. The largest absolute Gasteiger partial charge is 0.465 e. The Hall–Kier alpha value is -2.41. The van der Waals surface area contributed by atoms with E-state index in [4.69, 9.17) is 14.5 Å². The summed E-state index contributed by atoms with van der Waals surface area (Å²) in [6, 6.07) is 7.13. The molecule has 7 heteroatoms. The molecule has 2 atom stereocenters. The first-order chi connectivity index (χ1) is 12.1. The molecule has 0 bridgehead atoms. The van der Waals surface area contributed by atoms with Crippen LogP contribution in [0.1, 0.15) is 24.1 Å². The summed E-state index contributed by atoms with van der Waals surface area (Å²) in [4.78, 5) is 31.7. The first kappa shape index (κ1) is 17.4. The minimum atomic E-state index is -0.980. The van der Waals surface area contributed by atoms with Crippen LogP contribution in [0.4, 0.5) is 0 Å². The number of carbonyl (C=O) groups excluding carboxylic acids is 2. The lowest BCUT2D eigenvalue weighted by atomic mass is 9.90. The predicted octanol–water partition coefficient (Wildman–Crippen LogP) is 1.03. The lowest BCUT2D eigenvalue weighted by molar-refractivity contribution is -0.153. The molecule has 2 aliphatic rings. The number of rotatable bonds is 3. The average molecular weight is 345 g/mol. The molecule has 1 aromatic rings. The maximum Gasteiger partial charge on any atom is 0.321 e. The minimum Gasteiger partial charge on any atom is -0.465 e. The lowest BCUT2D eigenvalue weighted by Crippen LogP contribution is -2.55. The lowest BCUT2D eigenvalue weighted by Gasteiger charge is -2.35. The molecule has 1 N–H and O–H groups in total. The van der Waals surface area contributed by atoms with Crippen molar-refractivity contribution in [3.63, 3.8) is 0 Å². The van der Waals surface area contributed by atoms with Gasteiger partial charge in [0.25, 0.3) is 0 Å². The zero-order valence-corrected chi connectivity index (χ0v) is 14.5. The van der Waals surface area contributed by atoms with Crippen molar-refractivity contribution in [1.29, 1.82) is 0 Å². The van der Waals surface area contributed by atoms with Crippen LogP contribution in [-0.2, 0) is 19.1 Å². The van der Waals surface area contributed by atoms with Crippen molar-refractivity contribution in [2.75, 3.05) is 32.9 Å². The van der Waals surface area contributed by atoms with Crippen LogP contribution in [0.15, 0.2) is 29.3 Å². The fourth-order valence-electron chi connectivity index (χ4n) is 3.09. The Morgan fingerprint density at radius 2 is 2.16 bits per heavy atom. The Kier molecular flexibility index (Phi) is 5.33. The minimum absolute atomic E-state index is 0.225. The molecule has 134 valence electrons. The quantitative estimate of drug-likeness (QED) is 0.654. The number of hydrogen-bond acceptors (Lipinski definition) is 6. The van der Waals surface area contributed by atoms with Crippen molar-refractivity contribution >= 4 is 17.8 Å². The molecule has 7 nitrogen and oxygen atoms in total. The molecular weight excluding hydrogens is 322 g/mol. The van der Waals surface area contributed by atoms with Gasteiger partial charge in [0, 0.05) is 13.1 Å². The number of hydrogen-bond donors (Lipinski definition) is 1. The number of benzene rings is 1. The average Bonchev–Trinajstić information content (AvgIpc) is 2.62. The molecule has 2 unspecified atom stereocenters. The summed E-state index contributed by atoms with van der Waals surface area (Å²) in [7, 11) is 0. The molecule has 0 saturated carbocycles. The Morgan fingerprint density at radius 1 is 1.40 bits per heavy atom. The van der Waals surface area contributed by atoms with Gasteiger partial charge in [-0.25, -0.2) is 4.99 Å². The van der Waals surface area contributed by atoms with Crippen LogP contribution in [0.25, 0.3) is 0 Å². The number of guanidine groups is 1. The predicted molar refractivity (Wildman–Crippen MR) is 92.0 cm³/mol. The van der Waals surface area contributed by atoms with Crippen LogP contribution in [0.2, 0.25) is 0 Å². The van der Waals surface area contributed by atoms with Gasteiger partial charge in [0.15, 0.2) is 5.92 Å². The zero-order valence-electron chi connectivity index (χ0n) is 14.5. The van der Waals surface area contributed by atoms with Crippen molar-refractivity contribution < 1.29 is 19.1 Å². The van der Waals surface area contributed by atoms with E-state index in [0.29, 0.717) is 32.3 Å². The Bertz CT molecular complexity index is 683. The molecule has 1 fully saturated rings. The van der Waals surface area contributed by atoms with E-state index in [2.05, 4.69) is 5.32 Å². The van der Waals surface area contributed by atoms with Gasteiger partial charge in [-0.2, -0.15) is 0 Å². The number of morpholine rings is 1. The molecule has 0 aliphatic carbocycles. The molecule has 1 amide bonds. The number of esters is 1. The van der Waals surface area contributed by atoms with Crippen LogP contribution >= 0.6 is 0 Å². The third-order valence-electron chi connectivity index (χ3n) is 4.33. The molecule has 3 rings (SSSR count). The van der Waals surface area contributed by atoms with E-state index >= 15 is 0 Å². The zero-order chi connectivity index (χ0) is 17.8. The van der Waals surface area contributed by atoms with Crippen molar-refractivity contribution in [2.45, 2.75) is 19.9 Å². The number of nitrogens with one attached hydrogen (secondary N) is 1. The van der Waals surface area contributed by atoms with Crippen molar-refractivity contribution in [1.82, 2.24) is 10.2 Å². The van der Waals surface area contributed by atoms with Gasteiger partial charge in [-0.05, 0) is 19.4 Å². The molecule has 1 saturated heterocycles. The van der Waals surface area contributed by atoms with Gasteiger partial charge >= 0.3 is 5.97 Å². The van der Waals surface area contributed by atoms with Crippen molar-refractivity contribution in [3.8, 4) is 0 Å². The molecule has 0 radical (unpaired) electrons. The highest BCUT2D eigenvalue weighted by Gasteiger charge is 2.42. The SMILES string of the molecule is CCOC(=O)C1C(=O)NC(N2CCOCC2)=NC1c1cccc(C)c1. The van der Waals surface area contributed by atoms with Gasteiger partial charge in [0.2, 0.25) is 11.9 Å². The van der Waals surface area contributed by atoms with E-state index in [9.17, 15) is 9.59 Å². The summed E-state index contributed by atoms with van der Waals surface area (Å²) >= 11 is 0. The Labute approximate surface area is 147 Å². The number of ether oxygens (including phenoxy) is 2. The number of nitrogens with zero attached hydrogens (tertiary/aromatic N) is 2. The van der Waals surface area contributed by atoms with Crippen LogP contribution in [0.5, 0.6) is 0 Å². The molecule has 0 spiro atoms. The summed E-state index contributed by atoms with van der Waals surface area (Å²) in [5, 5.41) is 2.77. The number of aryl methyl sites for hydroxylation is 1. The molecule has 2 heterocycles. The highest BCUT2D eigenvalue weighted by atomic mass is 16.5. The number of amides is 1. The summed E-state index contributed by atoms with van der Waals surface area (Å²) in [6.07, 6.45) is 0. The van der Waals surface area contributed by atoms with Gasteiger partial charge in [-0.15, -0.1) is 0 Å². The third kappa shape index (κ3) is 3.82. The first-order valence-corrected chi connectivity index (χ1v) is 8.54. The molecular formula is C18H23N3O4. The molecule has 25 heavy (non-hydrogen) atoms. The topological polar surface area (TPSA) is 80.2 Å². The maximum atomic E-state index is 12.7. The van der Waals surface area contributed by atoms with Crippen molar-refractivity contribution in [2.24, 2.45) is 10.9 Å². The van der Waals surface area contributed by atoms with E-state index in [1.165, 1.54) is 0 Å². The Balaban J connectivity index is 1.97. The smallest absolute Gasteiger partial charge is 0.321 e. The molecule has 1 aromatic carbocycles. The van der Waals surface area contributed by atoms with E-state index < -0.39 is 17.9 Å². The number of carbonyl (C=O) groups is 2. The summed E-state index contributed by atoms with van der Waals surface area (Å²) in [5.74, 6) is -1.40. The first-order valence-electron chi connectivity index (χ1n) is 8.54. The third-order valence-corrected chi connectivity index (χ3v) is 4.33. The van der Waals surface area contributed by atoms with Crippen molar-refractivity contribution in [3.05, 3.63) is 35.4 Å². The molecule has 2 aliphatic heterocycles. The van der Waals surface area contributed by atoms with E-state index in [-0.39, 0.29) is 12.5 Å². The second kappa shape index (κ2) is 7.65.